The zero-order chi connectivity index (χ0) is 17.3. The van der Waals surface area contributed by atoms with Gasteiger partial charge in [0.1, 0.15) is 5.66 Å². The van der Waals surface area contributed by atoms with E-state index in [2.05, 4.69) is 32.6 Å². The van der Waals surface area contributed by atoms with Crippen LogP contribution < -0.4 is 16.4 Å². The van der Waals surface area contributed by atoms with E-state index in [0.717, 1.165) is 34.9 Å². The molecule has 128 valence electrons. The van der Waals surface area contributed by atoms with Crippen LogP contribution in [-0.4, -0.2) is 30.7 Å². The molecule has 0 aromatic heterocycles. The van der Waals surface area contributed by atoms with E-state index in [4.69, 9.17) is 16.2 Å². The largest absolute Gasteiger partial charge is 0.465 e. The van der Waals surface area contributed by atoms with Crippen LogP contribution in [0.5, 0.6) is 0 Å². The number of carbonyl (C=O) groups excluding carboxylic acids is 1. The van der Waals surface area contributed by atoms with Gasteiger partial charge < -0.3 is 16.2 Å². The van der Waals surface area contributed by atoms with Crippen molar-refractivity contribution in [1.29, 1.82) is 0 Å². The maximum absolute atomic E-state index is 12.0. The molecule has 1 spiro atoms. The molecule has 1 fully saturated rings. The van der Waals surface area contributed by atoms with Gasteiger partial charge in [0.15, 0.2) is 0 Å². The van der Waals surface area contributed by atoms with Gasteiger partial charge in [-0.1, -0.05) is 12.5 Å². The lowest BCUT2D eigenvalue weighted by molar-refractivity contribution is 0.0599. The van der Waals surface area contributed by atoms with Gasteiger partial charge in [-0.3, -0.25) is 4.90 Å². The number of carbonyl (C=O) groups is 1. The minimum atomic E-state index is -0.525. The summed E-state index contributed by atoms with van der Waals surface area (Å²) in [5.74, 6) is 0.142. The van der Waals surface area contributed by atoms with Crippen LogP contribution in [0.2, 0.25) is 0 Å². The molecular weight excluding hydrogens is 421 g/mol. The van der Waals surface area contributed by atoms with Gasteiger partial charge >= 0.3 is 5.97 Å². The predicted octanol–water partition coefficient (Wildman–Crippen LogP) is 2.19. The molecule has 0 bridgehead atoms. The van der Waals surface area contributed by atoms with Gasteiger partial charge in [0.2, 0.25) is 11.9 Å². The standard InChI is InChI=1S/C16H20IN5O2/c1-24-13(23)10-6-5-7-11(12(10)17)22-15(19)20-14(18)21-16(22)8-3-2-4-9-16/h5-7H,2-4,8-9H2,1H3,(H4,18,19,20,21). The van der Waals surface area contributed by atoms with Gasteiger partial charge in [0, 0.05) is 0 Å². The Morgan fingerprint density at radius 1 is 1.29 bits per heavy atom. The van der Waals surface area contributed by atoms with Crippen LogP contribution in [0.4, 0.5) is 5.69 Å². The van der Waals surface area contributed by atoms with Gasteiger partial charge in [-0.05, 0) is 60.4 Å². The van der Waals surface area contributed by atoms with Crippen LogP contribution in [0.15, 0.2) is 28.2 Å². The lowest BCUT2D eigenvalue weighted by Crippen LogP contribution is -2.58. The number of anilines is 1. The number of methoxy groups -OCH3 is 1. The number of nitrogens with two attached hydrogens (primary N) is 2. The van der Waals surface area contributed by atoms with Crippen molar-refractivity contribution in [2.24, 2.45) is 21.5 Å². The number of halogens is 1. The van der Waals surface area contributed by atoms with Crippen molar-refractivity contribution in [2.75, 3.05) is 12.0 Å². The predicted molar refractivity (Wildman–Crippen MR) is 102 cm³/mol. The van der Waals surface area contributed by atoms with Crippen molar-refractivity contribution in [3.05, 3.63) is 27.3 Å². The molecule has 4 N–H and O–H groups in total. The number of hydrogen-bond acceptors (Lipinski definition) is 7. The van der Waals surface area contributed by atoms with E-state index in [-0.39, 0.29) is 11.9 Å². The fourth-order valence-corrected chi connectivity index (χ4v) is 4.25. The smallest absolute Gasteiger partial charge is 0.339 e. The molecule has 1 heterocycles. The summed E-state index contributed by atoms with van der Waals surface area (Å²) in [5, 5.41) is 0. The normalized spacial score (nSPS) is 19.7. The van der Waals surface area contributed by atoms with Crippen molar-refractivity contribution in [2.45, 2.75) is 37.8 Å². The minimum Gasteiger partial charge on any atom is -0.465 e. The second-order valence-corrected chi connectivity index (χ2v) is 7.03. The van der Waals surface area contributed by atoms with Gasteiger partial charge in [-0.15, -0.1) is 0 Å². The van der Waals surface area contributed by atoms with Crippen LogP contribution in [0.1, 0.15) is 42.5 Å². The van der Waals surface area contributed by atoms with E-state index in [1.807, 2.05) is 17.0 Å². The SMILES string of the molecule is COC(=O)c1cccc(N2C(N)=NC(N)=NC23CCCCC3)c1I. The second-order valence-electron chi connectivity index (χ2n) is 5.95. The minimum absolute atomic E-state index is 0.213. The first-order valence-corrected chi connectivity index (χ1v) is 8.93. The summed E-state index contributed by atoms with van der Waals surface area (Å²) in [7, 11) is 1.37. The summed E-state index contributed by atoms with van der Waals surface area (Å²) in [6.07, 6.45) is 4.97. The zero-order valence-electron chi connectivity index (χ0n) is 13.5. The van der Waals surface area contributed by atoms with E-state index < -0.39 is 5.66 Å². The Morgan fingerprint density at radius 3 is 2.67 bits per heavy atom. The number of aliphatic imine (C=N–C) groups is 2. The molecule has 1 aromatic carbocycles. The summed E-state index contributed by atoms with van der Waals surface area (Å²) >= 11 is 2.14. The van der Waals surface area contributed by atoms with E-state index in [1.54, 1.807) is 6.07 Å². The number of esters is 1. The molecule has 0 atom stereocenters. The second kappa shape index (κ2) is 6.58. The third-order valence-corrected chi connectivity index (χ3v) is 5.61. The third kappa shape index (κ3) is 2.83. The Kier molecular flexibility index (Phi) is 4.66. The summed E-state index contributed by atoms with van der Waals surface area (Å²) in [6, 6.07) is 5.47. The number of rotatable bonds is 2. The highest BCUT2D eigenvalue weighted by atomic mass is 127. The Hall–Kier alpha value is -1.84. The molecule has 1 saturated carbocycles. The molecule has 1 aliphatic heterocycles. The quantitative estimate of drug-likeness (QED) is 0.541. The average Bonchev–Trinajstić information content (AvgIpc) is 2.55. The molecule has 2 aliphatic rings. The number of benzene rings is 1. The van der Waals surface area contributed by atoms with Gasteiger partial charge in [-0.25, -0.2) is 9.79 Å². The monoisotopic (exact) mass is 441 g/mol. The first-order chi connectivity index (χ1) is 11.5. The molecule has 1 aromatic rings. The third-order valence-electron chi connectivity index (χ3n) is 4.48. The van der Waals surface area contributed by atoms with Crippen molar-refractivity contribution in [3.63, 3.8) is 0 Å². The number of nitrogens with zero attached hydrogens (tertiary/aromatic N) is 3. The molecule has 1 aliphatic carbocycles. The average molecular weight is 441 g/mol. The number of hydrogen-bond donors (Lipinski definition) is 2. The topological polar surface area (TPSA) is 106 Å². The van der Waals surface area contributed by atoms with E-state index >= 15 is 0 Å². The lowest BCUT2D eigenvalue weighted by atomic mass is 9.87. The lowest BCUT2D eigenvalue weighted by Gasteiger charge is -2.46. The van der Waals surface area contributed by atoms with E-state index in [9.17, 15) is 4.79 Å². The molecule has 7 nitrogen and oxygen atoms in total. The van der Waals surface area contributed by atoms with Gasteiger partial charge in [0.05, 0.1) is 21.9 Å². The van der Waals surface area contributed by atoms with Crippen molar-refractivity contribution >= 4 is 46.2 Å². The molecule has 24 heavy (non-hydrogen) atoms. The number of guanidine groups is 2. The first kappa shape index (κ1) is 17.0. The summed E-state index contributed by atoms with van der Waals surface area (Å²) in [4.78, 5) is 22.7. The van der Waals surface area contributed by atoms with Crippen molar-refractivity contribution < 1.29 is 9.53 Å². The highest BCUT2D eigenvalue weighted by Gasteiger charge is 2.43. The fourth-order valence-electron chi connectivity index (χ4n) is 3.43. The molecule has 0 unspecified atom stereocenters. The molecular formula is C16H20IN5O2. The zero-order valence-corrected chi connectivity index (χ0v) is 15.6. The van der Waals surface area contributed by atoms with Gasteiger partial charge in [0.25, 0.3) is 0 Å². The fraction of sp³-hybridized carbons (Fsp3) is 0.438. The van der Waals surface area contributed by atoms with Crippen LogP contribution in [0, 0.1) is 3.57 Å². The van der Waals surface area contributed by atoms with Crippen LogP contribution in [0.25, 0.3) is 0 Å². The maximum atomic E-state index is 12.0. The van der Waals surface area contributed by atoms with Crippen molar-refractivity contribution in [1.82, 2.24) is 0 Å². The maximum Gasteiger partial charge on any atom is 0.339 e. The molecule has 0 radical (unpaired) electrons. The van der Waals surface area contributed by atoms with Crippen LogP contribution in [0.3, 0.4) is 0 Å². The summed E-state index contributed by atoms with van der Waals surface area (Å²) in [5.41, 5.74) is 12.9. The Balaban J connectivity index is 2.13. The molecule has 0 saturated heterocycles. The van der Waals surface area contributed by atoms with E-state index in [1.165, 1.54) is 13.5 Å². The highest BCUT2D eigenvalue weighted by Crippen LogP contribution is 2.41. The van der Waals surface area contributed by atoms with E-state index in [0.29, 0.717) is 11.5 Å². The molecule has 3 rings (SSSR count). The number of ether oxygens (including phenoxy) is 1. The van der Waals surface area contributed by atoms with Crippen LogP contribution >= 0.6 is 22.6 Å². The Bertz CT molecular complexity index is 725. The Morgan fingerprint density at radius 2 is 2.00 bits per heavy atom. The van der Waals surface area contributed by atoms with Crippen molar-refractivity contribution in [3.8, 4) is 0 Å². The summed E-state index contributed by atoms with van der Waals surface area (Å²) in [6.45, 7) is 0. The first-order valence-electron chi connectivity index (χ1n) is 7.85. The molecule has 0 amide bonds. The highest BCUT2D eigenvalue weighted by molar-refractivity contribution is 14.1. The van der Waals surface area contributed by atoms with Gasteiger partial charge in [-0.2, -0.15) is 4.99 Å². The summed E-state index contributed by atoms with van der Waals surface area (Å²) < 4.78 is 5.63. The van der Waals surface area contributed by atoms with Crippen LogP contribution in [-0.2, 0) is 4.74 Å². The Labute approximate surface area is 154 Å². The molecule has 8 heteroatoms.